The molecule has 1 fully saturated rings. The van der Waals surface area contributed by atoms with E-state index in [1.165, 1.54) is 31.2 Å². The molecule has 0 radical (unpaired) electrons. The Morgan fingerprint density at radius 2 is 1.51 bits per heavy atom. The molecule has 0 saturated carbocycles. The topological polar surface area (TPSA) is 88.1 Å². The summed E-state index contributed by atoms with van der Waals surface area (Å²) < 4.78 is 34.7. The van der Waals surface area contributed by atoms with Gasteiger partial charge in [-0.3, -0.25) is 9.69 Å². The van der Waals surface area contributed by atoms with Gasteiger partial charge in [-0.25, -0.2) is 4.79 Å². The molecule has 9 heteroatoms. The number of ether oxygens (including phenoxy) is 2. The van der Waals surface area contributed by atoms with Crippen LogP contribution in [0.2, 0.25) is 0 Å². The Balaban J connectivity index is 1.35. The minimum atomic E-state index is -2.97. The lowest BCUT2D eigenvalue weighted by atomic mass is 9.92. The molecule has 7 nitrogen and oxygen atoms in total. The zero-order valence-electron chi connectivity index (χ0n) is 18.9. The van der Waals surface area contributed by atoms with Crippen LogP contribution in [-0.2, 0) is 10.3 Å². The molecule has 35 heavy (non-hydrogen) atoms. The minimum Gasteiger partial charge on any atom is -0.491 e. The number of imide groups is 1. The summed E-state index contributed by atoms with van der Waals surface area (Å²) in [5, 5.41) is 13.0. The van der Waals surface area contributed by atoms with Crippen LogP contribution in [0.15, 0.2) is 78.9 Å². The summed E-state index contributed by atoms with van der Waals surface area (Å²) in [5.41, 5.74) is 1.07. The lowest BCUT2D eigenvalue weighted by Gasteiger charge is -2.23. The number of nitrogens with one attached hydrogen (secondary N) is 1. The van der Waals surface area contributed by atoms with Crippen molar-refractivity contribution in [3.63, 3.8) is 0 Å². The smallest absolute Gasteiger partial charge is 0.387 e. The van der Waals surface area contributed by atoms with Gasteiger partial charge in [0.15, 0.2) is 0 Å². The quantitative estimate of drug-likeness (QED) is 0.447. The number of hydrogen-bond donors (Lipinski definition) is 2. The third-order valence-corrected chi connectivity index (χ3v) is 5.73. The second-order valence-electron chi connectivity index (χ2n) is 8.23. The Hall–Kier alpha value is -3.98. The fourth-order valence-electron chi connectivity index (χ4n) is 3.86. The van der Waals surface area contributed by atoms with E-state index in [1.807, 2.05) is 42.5 Å². The third kappa shape index (κ3) is 5.41. The Labute approximate surface area is 200 Å². The molecule has 4 rings (SSSR count). The second-order valence-corrected chi connectivity index (χ2v) is 8.23. The van der Waals surface area contributed by atoms with Gasteiger partial charge in [0.05, 0.1) is 6.54 Å². The molecular formula is C26H24F2N2O5. The number of urea groups is 1. The van der Waals surface area contributed by atoms with Crippen LogP contribution in [0, 0.1) is 0 Å². The zero-order chi connectivity index (χ0) is 25.0. The van der Waals surface area contributed by atoms with E-state index in [0.29, 0.717) is 11.3 Å². The Morgan fingerprint density at radius 3 is 2.14 bits per heavy atom. The standard InChI is InChI=1S/C26H24F2N2O5/c1-26(19-9-13-22(14-10-19)35-24(27)28)23(32)30(25(33)29-26)15-20(31)16-34-21-11-7-18(8-12-21)17-5-3-2-4-6-17/h2-14,20,24,31H,15-16H2,1H3,(H,29,33). The molecule has 2 unspecified atom stereocenters. The van der Waals surface area contributed by atoms with Gasteiger partial charge < -0.3 is 19.9 Å². The number of nitrogens with zero attached hydrogens (tertiary/aromatic N) is 1. The number of amides is 3. The van der Waals surface area contributed by atoms with Gasteiger partial charge in [0.25, 0.3) is 5.91 Å². The molecule has 1 aliphatic heterocycles. The lowest BCUT2D eigenvalue weighted by molar-refractivity contribution is -0.132. The first-order valence-electron chi connectivity index (χ1n) is 10.9. The summed E-state index contributed by atoms with van der Waals surface area (Å²) in [6, 6.07) is 22.0. The summed E-state index contributed by atoms with van der Waals surface area (Å²) in [6.45, 7) is -1.86. The average Bonchev–Trinajstić information content (AvgIpc) is 3.07. The molecule has 2 atom stereocenters. The van der Waals surface area contributed by atoms with Gasteiger partial charge in [0, 0.05) is 0 Å². The van der Waals surface area contributed by atoms with Crippen molar-refractivity contribution in [3.8, 4) is 22.6 Å². The van der Waals surface area contributed by atoms with Gasteiger partial charge in [-0.15, -0.1) is 0 Å². The highest BCUT2D eigenvalue weighted by Gasteiger charge is 2.49. The van der Waals surface area contributed by atoms with E-state index in [9.17, 15) is 23.5 Å². The first kappa shape index (κ1) is 24.2. The van der Waals surface area contributed by atoms with E-state index in [2.05, 4.69) is 10.1 Å². The molecular weight excluding hydrogens is 458 g/mol. The van der Waals surface area contributed by atoms with Crippen molar-refractivity contribution < 1.29 is 33.0 Å². The number of alkyl halides is 2. The first-order valence-corrected chi connectivity index (χ1v) is 10.9. The Bertz CT molecular complexity index is 1170. The van der Waals surface area contributed by atoms with Crippen molar-refractivity contribution in [2.24, 2.45) is 0 Å². The molecule has 0 aromatic heterocycles. The summed E-state index contributed by atoms with van der Waals surface area (Å²) in [5.74, 6) is -0.0986. The minimum absolute atomic E-state index is 0.0645. The van der Waals surface area contributed by atoms with Crippen LogP contribution in [-0.4, -0.2) is 47.8 Å². The normalized spacial score (nSPS) is 18.5. The van der Waals surface area contributed by atoms with Crippen molar-refractivity contribution in [2.75, 3.05) is 13.2 Å². The molecule has 2 N–H and O–H groups in total. The molecule has 0 spiro atoms. The fraction of sp³-hybridized carbons (Fsp3) is 0.231. The number of aliphatic hydroxyl groups excluding tert-OH is 1. The predicted molar refractivity (Wildman–Crippen MR) is 124 cm³/mol. The van der Waals surface area contributed by atoms with Gasteiger partial charge in [-0.1, -0.05) is 54.6 Å². The highest BCUT2D eigenvalue weighted by atomic mass is 19.3. The van der Waals surface area contributed by atoms with Crippen molar-refractivity contribution in [3.05, 3.63) is 84.4 Å². The number of benzene rings is 3. The van der Waals surface area contributed by atoms with Crippen LogP contribution in [0.1, 0.15) is 12.5 Å². The second kappa shape index (κ2) is 10.1. The summed E-state index contributed by atoms with van der Waals surface area (Å²) >= 11 is 0. The number of rotatable bonds is 9. The van der Waals surface area contributed by atoms with Crippen molar-refractivity contribution >= 4 is 11.9 Å². The molecule has 3 aromatic rings. The maximum Gasteiger partial charge on any atom is 0.387 e. The third-order valence-electron chi connectivity index (χ3n) is 5.73. The highest BCUT2D eigenvalue weighted by molar-refractivity contribution is 6.07. The van der Waals surface area contributed by atoms with E-state index >= 15 is 0 Å². The number of hydrogen-bond acceptors (Lipinski definition) is 5. The molecule has 182 valence electrons. The molecule has 3 amide bonds. The van der Waals surface area contributed by atoms with Gasteiger partial charge in [-0.2, -0.15) is 8.78 Å². The fourth-order valence-corrected chi connectivity index (χ4v) is 3.86. The van der Waals surface area contributed by atoms with Crippen LogP contribution < -0.4 is 14.8 Å². The molecule has 3 aromatic carbocycles. The number of carbonyl (C=O) groups excluding carboxylic acids is 2. The number of aliphatic hydroxyl groups is 1. The molecule has 1 aliphatic rings. The molecule has 0 aliphatic carbocycles. The van der Waals surface area contributed by atoms with Crippen molar-refractivity contribution in [1.82, 2.24) is 10.2 Å². The van der Waals surface area contributed by atoms with E-state index in [0.717, 1.165) is 16.0 Å². The lowest BCUT2D eigenvalue weighted by Crippen LogP contribution is -2.42. The maximum absolute atomic E-state index is 13.0. The van der Waals surface area contributed by atoms with E-state index in [1.54, 1.807) is 12.1 Å². The summed E-state index contributed by atoms with van der Waals surface area (Å²) in [4.78, 5) is 26.4. The predicted octanol–water partition coefficient (Wildman–Crippen LogP) is 4.16. The average molecular weight is 482 g/mol. The monoisotopic (exact) mass is 482 g/mol. The largest absolute Gasteiger partial charge is 0.491 e. The number of β-amino-alcohol motifs (C(OH)–C–C–N with tert-alkyl or cyclic N) is 1. The maximum atomic E-state index is 13.0. The SMILES string of the molecule is CC1(c2ccc(OC(F)F)cc2)NC(=O)N(CC(O)COc2ccc(-c3ccccc3)cc2)C1=O. The number of carbonyl (C=O) groups is 2. The van der Waals surface area contributed by atoms with Gasteiger partial charge in [0.1, 0.15) is 29.7 Å². The zero-order valence-corrected chi connectivity index (χ0v) is 18.9. The summed E-state index contributed by atoms with van der Waals surface area (Å²) in [7, 11) is 0. The van der Waals surface area contributed by atoms with Crippen LogP contribution in [0.25, 0.3) is 11.1 Å². The van der Waals surface area contributed by atoms with Crippen LogP contribution in [0.5, 0.6) is 11.5 Å². The van der Waals surface area contributed by atoms with Crippen LogP contribution >= 0.6 is 0 Å². The van der Waals surface area contributed by atoms with Crippen molar-refractivity contribution in [1.29, 1.82) is 0 Å². The molecule has 1 saturated heterocycles. The van der Waals surface area contributed by atoms with E-state index in [-0.39, 0.29) is 18.9 Å². The van der Waals surface area contributed by atoms with E-state index < -0.39 is 30.2 Å². The van der Waals surface area contributed by atoms with Crippen LogP contribution in [0.4, 0.5) is 13.6 Å². The van der Waals surface area contributed by atoms with Gasteiger partial charge in [0.2, 0.25) is 0 Å². The number of halogens is 2. The Kier molecular flexibility index (Phi) is 6.97. The van der Waals surface area contributed by atoms with Crippen LogP contribution in [0.3, 0.4) is 0 Å². The van der Waals surface area contributed by atoms with E-state index in [4.69, 9.17) is 4.74 Å². The van der Waals surface area contributed by atoms with Crippen molar-refractivity contribution in [2.45, 2.75) is 25.2 Å². The first-order chi connectivity index (χ1) is 16.8. The molecule has 1 heterocycles. The van der Waals surface area contributed by atoms with Gasteiger partial charge >= 0.3 is 12.6 Å². The van der Waals surface area contributed by atoms with Gasteiger partial charge in [-0.05, 0) is 47.9 Å². The summed E-state index contributed by atoms with van der Waals surface area (Å²) in [6.07, 6.45) is -1.12. The highest BCUT2D eigenvalue weighted by Crippen LogP contribution is 2.30. The molecule has 0 bridgehead atoms. The Morgan fingerprint density at radius 1 is 0.914 bits per heavy atom.